The van der Waals surface area contributed by atoms with Crippen LogP contribution in [0.15, 0.2) is 54.6 Å². The average molecular weight is 450 g/mol. The Hall–Kier alpha value is -3.72. The minimum absolute atomic E-state index is 0.144. The standard InChI is InChI=1S/C23H23N5O3S/c1-15-21(26-23(32-15)27-22(31)24-13-16-6-3-2-4-7-16)17-8-5-9-18(12-17)25-14-28-19(29)10-11-20(28)30/h2-9,12,25H,10-11,13-14H2,1H3,(H2,24,26,27,31). The molecule has 3 N–H and O–H groups in total. The number of amides is 4. The van der Waals surface area contributed by atoms with Crippen molar-refractivity contribution in [2.45, 2.75) is 26.3 Å². The van der Waals surface area contributed by atoms with E-state index in [1.54, 1.807) is 0 Å². The summed E-state index contributed by atoms with van der Waals surface area (Å²) in [4.78, 5) is 42.6. The van der Waals surface area contributed by atoms with Crippen molar-refractivity contribution < 1.29 is 14.4 Å². The number of benzene rings is 2. The lowest BCUT2D eigenvalue weighted by Crippen LogP contribution is -2.33. The lowest BCUT2D eigenvalue weighted by molar-refractivity contribution is -0.137. The first-order valence-electron chi connectivity index (χ1n) is 10.2. The van der Waals surface area contributed by atoms with Crippen LogP contribution in [0, 0.1) is 6.92 Å². The fraction of sp³-hybridized carbons (Fsp3) is 0.217. The Kier molecular flexibility index (Phi) is 6.46. The Morgan fingerprint density at radius 2 is 1.81 bits per heavy atom. The number of imide groups is 1. The third-order valence-corrected chi connectivity index (χ3v) is 5.93. The van der Waals surface area contributed by atoms with Gasteiger partial charge in [0.1, 0.15) is 0 Å². The SMILES string of the molecule is Cc1sc(NC(=O)NCc2ccccc2)nc1-c1cccc(NCN2C(=O)CCC2=O)c1. The summed E-state index contributed by atoms with van der Waals surface area (Å²) in [5.41, 5.74) is 3.43. The number of hydrogen-bond donors (Lipinski definition) is 3. The van der Waals surface area contributed by atoms with Crippen molar-refractivity contribution in [3.63, 3.8) is 0 Å². The molecule has 0 radical (unpaired) electrons. The molecule has 1 aliphatic rings. The second-order valence-electron chi connectivity index (χ2n) is 7.35. The van der Waals surface area contributed by atoms with Gasteiger partial charge in [0.2, 0.25) is 11.8 Å². The predicted molar refractivity (Wildman–Crippen MR) is 124 cm³/mol. The molecule has 0 unspecified atom stereocenters. The van der Waals surface area contributed by atoms with Crippen molar-refractivity contribution in [2.75, 3.05) is 17.3 Å². The summed E-state index contributed by atoms with van der Waals surface area (Å²) in [5.74, 6) is -0.314. The van der Waals surface area contributed by atoms with Gasteiger partial charge in [0.25, 0.3) is 0 Å². The number of aromatic nitrogens is 1. The molecule has 1 saturated heterocycles. The monoisotopic (exact) mass is 449 g/mol. The highest BCUT2D eigenvalue weighted by atomic mass is 32.1. The molecule has 4 amide bonds. The smallest absolute Gasteiger partial charge is 0.321 e. The van der Waals surface area contributed by atoms with Crippen LogP contribution < -0.4 is 16.0 Å². The number of carbonyl (C=O) groups excluding carboxylic acids is 3. The average Bonchev–Trinajstić information content (AvgIpc) is 3.32. The van der Waals surface area contributed by atoms with E-state index in [4.69, 9.17) is 0 Å². The summed E-state index contributed by atoms with van der Waals surface area (Å²) in [6.45, 7) is 2.52. The third-order valence-electron chi connectivity index (χ3n) is 5.05. The van der Waals surface area contributed by atoms with E-state index in [-0.39, 0.29) is 37.4 Å². The van der Waals surface area contributed by atoms with Crippen LogP contribution in [0.3, 0.4) is 0 Å². The van der Waals surface area contributed by atoms with Crippen molar-refractivity contribution >= 4 is 40.0 Å². The molecule has 2 aromatic carbocycles. The van der Waals surface area contributed by atoms with Crippen molar-refractivity contribution in [3.8, 4) is 11.3 Å². The van der Waals surface area contributed by atoms with E-state index in [0.717, 1.165) is 27.4 Å². The Morgan fingerprint density at radius 1 is 1.06 bits per heavy atom. The van der Waals surface area contributed by atoms with E-state index in [9.17, 15) is 14.4 Å². The van der Waals surface area contributed by atoms with Gasteiger partial charge in [-0.2, -0.15) is 0 Å². The largest absolute Gasteiger partial charge is 0.367 e. The first kappa shape index (κ1) is 21.5. The number of carbonyl (C=O) groups is 3. The molecule has 0 atom stereocenters. The zero-order valence-corrected chi connectivity index (χ0v) is 18.4. The highest BCUT2D eigenvalue weighted by Gasteiger charge is 2.28. The van der Waals surface area contributed by atoms with Gasteiger partial charge in [0.15, 0.2) is 5.13 Å². The van der Waals surface area contributed by atoms with Gasteiger partial charge in [-0.05, 0) is 24.6 Å². The molecule has 164 valence electrons. The first-order valence-corrected chi connectivity index (χ1v) is 11.0. The summed E-state index contributed by atoms with van der Waals surface area (Å²) in [7, 11) is 0. The van der Waals surface area contributed by atoms with Gasteiger partial charge in [-0.3, -0.25) is 19.8 Å². The summed E-state index contributed by atoms with van der Waals surface area (Å²) >= 11 is 1.40. The fourth-order valence-corrected chi connectivity index (χ4v) is 4.21. The van der Waals surface area contributed by atoms with Crippen LogP contribution in [-0.2, 0) is 16.1 Å². The van der Waals surface area contributed by atoms with Gasteiger partial charge in [0.05, 0.1) is 12.4 Å². The van der Waals surface area contributed by atoms with Gasteiger partial charge in [0, 0.05) is 35.5 Å². The van der Waals surface area contributed by atoms with Crippen LogP contribution in [0.4, 0.5) is 15.6 Å². The number of likely N-dealkylation sites (tertiary alicyclic amines) is 1. The Bertz CT molecular complexity index is 1130. The molecule has 0 spiro atoms. The number of thiazole rings is 1. The number of urea groups is 1. The molecule has 1 fully saturated rings. The molecule has 2 heterocycles. The lowest BCUT2D eigenvalue weighted by atomic mass is 10.1. The van der Waals surface area contributed by atoms with E-state index in [1.165, 1.54) is 16.2 Å². The Labute approximate surface area is 189 Å². The molecule has 8 nitrogen and oxygen atoms in total. The second-order valence-corrected chi connectivity index (χ2v) is 8.55. The summed E-state index contributed by atoms with van der Waals surface area (Å²) in [6.07, 6.45) is 0.542. The van der Waals surface area contributed by atoms with Crippen molar-refractivity contribution in [3.05, 3.63) is 65.0 Å². The van der Waals surface area contributed by atoms with Crippen molar-refractivity contribution in [1.82, 2.24) is 15.2 Å². The van der Waals surface area contributed by atoms with Crippen LogP contribution in [0.5, 0.6) is 0 Å². The summed E-state index contributed by atoms with van der Waals surface area (Å²) in [5, 5.41) is 9.25. The maximum atomic E-state index is 12.2. The van der Waals surface area contributed by atoms with Crippen molar-refractivity contribution in [1.29, 1.82) is 0 Å². The van der Waals surface area contributed by atoms with Gasteiger partial charge in [-0.1, -0.05) is 42.5 Å². The van der Waals surface area contributed by atoms with E-state index in [2.05, 4.69) is 20.9 Å². The van der Waals surface area contributed by atoms with E-state index >= 15 is 0 Å². The molecule has 4 rings (SSSR count). The lowest BCUT2D eigenvalue weighted by Gasteiger charge is -2.15. The van der Waals surface area contributed by atoms with E-state index in [0.29, 0.717) is 11.7 Å². The normalized spacial score (nSPS) is 13.3. The van der Waals surface area contributed by atoms with Crippen molar-refractivity contribution in [2.24, 2.45) is 0 Å². The number of nitrogens with zero attached hydrogens (tertiary/aromatic N) is 2. The van der Waals surface area contributed by atoms with E-state index < -0.39 is 0 Å². The zero-order chi connectivity index (χ0) is 22.5. The van der Waals surface area contributed by atoms with E-state index in [1.807, 2.05) is 61.5 Å². The number of hydrogen-bond acceptors (Lipinski definition) is 6. The molecule has 32 heavy (non-hydrogen) atoms. The Balaban J connectivity index is 1.38. The fourth-order valence-electron chi connectivity index (χ4n) is 3.38. The number of anilines is 2. The number of nitrogens with one attached hydrogen (secondary N) is 3. The van der Waals surface area contributed by atoms with Gasteiger partial charge >= 0.3 is 6.03 Å². The molecule has 3 aromatic rings. The van der Waals surface area contributed by atoms with Gasteiger partial charge in [-0.15, -0.1) is 11.3 Å². The van der Waals surface area contributed by atoms with Gasteiger partial charge < -0.3 is 10.6 Å². The summed E-state index contributed by atoms with van der Waals surface area (Å²) in [6, 6.07) is 16.9. The molecular formula is C23H23N5O3S. The number of aryl methyl sites for hydroxylation is 1. The van der Waals surface area contributed by atoms with Crippen LogP contribution in [-0.4, -0.2) is 34.4 Å². The minimum atomic E-state index is -0.315. The van der Waals surface area contributed by atoms with Crippen LogP contribution in [0.1, 0.15) is 23.3 Å². The third kappa shape index (κ3) is 5.12. The molecule has 1 aliphatic heterocycles. The quantitative estimate of drug-likeness (QED) is 0.474. The topological polar surface area (TPSA) is 103 Å². The summed E-state index contributed by atoms with van der Waals surface area (Å²) < 4.78 is 0. The van der Waals surface area contributed by atoms with Gasteiger partial charge in [-0.25, -0.2) is 9.78 Å². The van der Waals surface area contributed by atoms with Crippen LogP contribution in [0.25, 0.3) is 11.3 Å². The minimum Gasteiger partial charge on any atom is -0.367 e. The predicted octanol–water partition coefficient (Wildman–Crippen LogP) is 3.96. The Morgan fingerprint density at radius 3 is 2.56 bits per heavy atom. The molecule has 0 aliphatic carbocycles. The molecular weight excluding hydrogens is 426 g/mol. The maximum Gasteiger partial charge on any atom is 0.321 e. The highest BCUT2D eigenvalue weighted by Crippen LogP contribution is 2.31. The molecule has 0 bridgehead atoms. The maximum absolute atomic E-state index is 12.2. The second kappa shape index (κ2) is 9.61. The molecule has 1 aromatic heterocycles. The molecule has 9 heteroatoms. The van der Waals surface area contributed by atoms with Crippen LogP contribution in [0.2, 0.25) is 0 Å². The zero-order valence-electron chi connectivity index (χ0n) is 17.6. The molecule has 0 saturated carbocycles. The first-order chi connectivity index (χ1) is 15.5. The van der Waals surface area contributed by atoms with Crippen LogP contribution >= 0.6 is 11.3 Å². The highest BCUT2D eigenvalue weighted by molar-refractivity contribution is 7.16. The number of rotatable bonds is 7.